The molecule has 1 heterocycles. The Kier molecular flexibility index (Phi) is 11.4. The van der Waals surface area contributed by atoms with Crippen LogP contribution in [0.25, 0.3) is 0 Å². The molecule has 0 saturated heterocycles. The fraction of sp³-hybridized carbons (Fsp3) is 0.500. The van der Waals surface area contributed by atoms with Gasteiger partial charge in [-0.05, 0) is 13.0 Å². The number of halogens is 2. The van der Waals surface area contributed by atoms with Crippen LogP contribution in [-0.4, -0.2) is 22.6 Å². The summed E-state index contributed by atoms with van der Waals surface area (Å²) < 4.78 is 13.1. The SMILES string of the molecule is CC.CC.CCNc1nc(Cl)c(C(=O)O)cc1F. The van der Waals surface area contributed by atoms with Crippen LogP contribution in [0.3, 0.4) is 0 Å². The Bertz CT molecular complexity index is 373. The van der Waals surface area contributed by atoms with Crippen LogP contribution in [0.4, 0.5) is 10.2 Å². The fourth-order valence-electron chi connectivity index (χ4n) is 0.908. The zero-order valence-electron chi connectivity index (χ0n) is 11.3. The molecule has 0 radical (unpaired) electrons. The van der Waals surface area contributed by atoms with Crippen molar-refractivity contribution in [3.63, 3.8) is 0 Å². The number of aromatic nitrogens is 1. The first-order valence-corrected chi connectivity index (χ1v) is 6.27. The average Bonchev–Trinajstić information content (AvgIpc) is 2.38. The molecule has 104 valence electrons. The van der Waals surface area contributed by atoms with Crippen molar-refractivity contribution in [2.24, 2.45) is 0 Å². The van der Waals surface area contributed by atoms with Crippen LogP contribution in [0.1, 0.15) is 45.0 Å². The number of hydrogen-bond donors (Lipinski definition) is 2. The third-order valence-corrected chi connectivity index (χ3v) is 1.79. The monoisotopic (exact) mass is 278 g/mol. The summed E-state index contributed by atoms with van der Waals surface area (Å²) >= 11 is 5.53. The predicted octanol–water partition coefficient (Wildman–Crippen LogP) is 4.06. The molecule has 2 N–H and O–H groups in total. The molecule has 0 spiro atoms. The van der Waals surface area contributed by atoms with E-state index in [1.165, 1.54) is 0 Å². The van der Waals surface area contributed by atoms with Gasteiger partial charge in [0.05, 0.1) is 5.56 Å². The highest BCUT2D eigenvalue weighted by Gasteiger charge is 2.14. The molecule has 0 aliphatic carbocycles. The van der Waals surface area contributed by atoms with Gasteiger partial charge in [-0.15, -0.1) is 0 Å². The molecule has 18 heavy (non-hydrogen) atoms. The van der Waals surface area contributed by atoms with E-state index in [-0.39, 0.29) is 16.5 Å². The summed E-state index contributed by atoms with van der Waals surface area (Å²) in [6.07, 6.45) is 0. The van der Waals surface area contributed by atoms with Crippen LogP contribution in [-0.2, 0) is 0 Å². The van der Waals surface area contributed by atoms with Crippen molar-refractivity contribution in [3.05, 3.63) is 22.6 Å². The maximum absolute atomic E-state index is 13.1. The zero-order chi connectivity index (χ0) is 14.7. The summed E-state index contributed by atoms with van der Waals surface area (Å²) in [5.74, 6) is -2.07. The number of aromatic carboxylic acids is 1. The zero-order valence-corrected chi connectivity index (χ0v) is 12.1. The number of hydrogen-bond acceptors (Lipinski definition) is 3. The van der Waals surface area contributed by atoms with E-state index in [0.29, 0.717) is 6.54 Å². The van der Waals surface area contributed by atoms with Crippen molar-refractivity contribution in [2.45, 2.75) is 34.6 Å². The highest BCUT2D eigenvalue weighted by Crippen LogP contribution is 2.19. The predicted molar refractivity (Wildman–Crippen MR) is 73.0 cm³/mol. The van der Waals surface area contributed by atoms with Gasteiger partial charge >= 0.3 is 5.97 Å². The molecule has 1 rings (SSSR count). The van der Waals surface area contributed by atoms with Crippen molar-refractivity contribution in [1.82, 2.24) is 4.98 Å². The first kappa shape index (κ1) is 19.0. The molecule has 6 heteroatoms. The lowest BCUT2D eigenvalue weighted by Gasteiger charge is -2.05. The van der Waals surface area contributed by atoms with Crippen molar-refractivity contribution >= 4 is 23.4 Å². The molecule has 0 saturated carbocycles. The second-order valence-electron chi connectivity index (χ2n) is 2.49. The van der Waals surface area contributed by atoms with E-state index in [1.807, 2.05) is 27.7 Å². The third kappa shape index (κ3) is 5.82. The average molecular weight is 279 g/mol. The Morgan fingerprint density at radius 3 is 2.33 bits per heavy atom. The van der Waals surface area contributed by atoms with Gasteiger partial charge in [0, 0.05) is 6.54 Å². The Labute approximate surface area is 112 Å². The lowest BCUT2D eigenvalue weighted by molar-refractivity contribution is 0.0696. The van der Waals surface area contributed by atoms with E-state index in [4.69, 9.17) is 16.7 Å². The Hall–Kier alpha value is -1.36. The van der Waals surface area contributed by atoms with Gasteiger partial charge in [-0.2, -0.15) is 0 Å². The van der Waals surface area contributed by atoms with Crippen LogP contribution in [0.5, 0.6) is 0 Å². The number of rotatable bonds is 3. The Morgan fingerprint density at radius 2 is 1.94 bits per heavy atom. The maximum atomic E-state index is 13.1. The summed E-state index contributed by atoms with van der Waals surface area (Å²) in [6.45, 7) is 10.2. The molecular formula is C12H20ClFN2O2. The highest BCUT2D eigenvalue weighted by molar-refractivity contribution is 6.32. The molecule has 0 aliphatic heterocycles. The molecule has 0 bridgehead atoms. The second-order valence-corrected chi connectivity index (χ2v) is 2.85. The summed E-state index contributed by atoms with van der Waals surface area (Å²) in [4.78, 5) is 14.1. The quantitative estimate of drug-likeness (QED) is 0.819. The molecular weight excluding hydrogens is 259 g/mol. The van der Waals surface area contributed by atoms with E-state index < -0.39 is 11.8 Å². The van der Waals surface area contributed by atoms with Crippen LogP contribution >= 0.6 is 11.6 Å². The minimum Gasteiger partial charge on any atom is -0.478 e. The van der Waals surface area contributed by atoms with E-state index in [2.05, 4.69) is 10.3 Å². The lowest BCUT2D eigenvalue weighted by atomic mass is 10.3. The van der Waals surface area contributed by atoms with Crippen LogP contribution in [0.2, 0.25) is 5.15 Å². The Balaban J connectivity index is 0. The van der Waals surface area contributed by atoms with Crippen LogP contribution < -0.4 is 5.32 Å². The highest BCUT2D eigenvalue weighted by atomic mass is 35.5. The number of carboxylic acid groups (broad SMARTS) is 1. The van der Waals surface area contributed by atoms with Crippen LogP contribution in [0, 0.1) is 5.82 Å². The van der Waals surface area contributed by atoms with Crippen molar-refractivity contribution in [3.8, 4) is 0 Å². The second kappa shape index (κ2) is 10.8. The summed E-state index contributed by atoms with van der Waals surface area (Å²) in [6, 6.07) is 0.843. The van der Waals surface area contributed by atoms with E-state index >= 15 is 0 Å². The van der Waals surface area contributed by atoms with Gasteiger partial charge in [-0.1, -0.05) is 39.3 Å². The minimum atomic E-state index is -1.30. The first-order valence-electron chi connectivity index (χ1n) is 5.89. The van der Waals surface area contributed by atoms with Gasteiger partial charge in [0.25, 0.3) is 0 Å². The smallest absolute Gasteiger partial charge is 0.338 e. The first-order chi connectivity index (χ1) is 8.56. The molecule has 0 aliphatic rings. The van der Waals surface area contributed by atoms with Crippen molar-refractivity contribution in [1.29, 1.82) is 0 Å². The number of anilines is 1. The molecule has 1 aromatic heterocycles. The number of nitrogens with one attached hydrogen (secondary N) is 1. The molecule has 0 aromatic carbocycles. The van der Waals surface area contributed by atoms with Gasteiger partial charge in [0.2, 0.25) is 0 Å². The van der Waals surface area contributed by atoms with Gasteiger partial charge in [-0.3, -0.25) is 0 Å². The molecule has 0 unspecified atom stereocenters. The maximum Gasteiger partial charge on any atom is 0.338 e. The van der Waals surface area contributed by atoms with Gasteiger partial charge < -0.3 is 10.4 Å². The third-order valence-electron chi connectivity index (χ3n) is 1.50. The van der Waals surface area contributed by atoms with Gasteiger partial charge in [-0.25, -0.2) is 14.2 Å². The largest absolute Gasteiger partial charge is 0.478 e. The minimum absolute atomic E-state index is 0.0394. The van der Waals surface area contributed by atoms with Crippen molar-refractivity contribution < 1.29 is 14.3 Å². The molecule has 1 aromatic rings. The molecule has 4 nitrogen and oxygen atoms in total. The number of carboxylic acids is 1. The number of carbonyl (C=O) groups is 1. The van der Waals surface area contributed by atoms with E-state index in [9.17, 15) is 9.18 Å². The van der Waals surface area contributed by atoms with E-state index in [0.717, 1.165) is 6.07 Å². The number of nitrogens with zero attached hydrogens (tertiary/aromatic N) is 1. The normalized spacial score (nSPS) is 8.39. The molecule has 0 amide bonds. The number of pyridine rings is 1. The topological polar surface area (TPSA) is 62.2 Å². The summed E-state index contributed by atoms with van der Waals surface area (Å²) in [5.41, 5.74) is -0.342. The Morgan fingerprint density at radius 1 is 1.44 bits per heavy atom. The fourth-order valence-corrected chi connectivity index (χ4v) is 1.13. The van der Waals surface area contributed by atoms with Gasteiger partial charge in [0.15, 0.2) is 11.6 Å². The standard InChI is InChI=1S/C8H8ClFN2O2.2C2H6/c1-2-11-7-5(10)3-4(8(13)14)6(9)12-7;2*1-2/h3H,2H2,1H3,(H,11,12)(H,13,14);2*1-2H3. The summed E-state index contributed by atoms with van der Waals surface area (Å²) in [5, 5.41) is 11.0. The molecule has 0 fully saturated rings. The van der Waals surface area contributed by atoms with Crippen LogP contribution in [0.15, 0.2) is 6.07 Å². The molecule has 0 atom stereocenters. The van der Waals surface area contributed by atoms with Crippen molar-refractivity contribution in [2.75, 3.05) is 11.9 Å². The lowest BCUT2D eigenvalue weighted by Crippen LogP contribution is -2.06. The summed E-state index contributed by atoms with van der Waals surface area (Å²) in [7, 11) is 0. The van der Waals surface area contributed by atoms with E-state index in [1.54, 1.807) is 6.92 Å². The van der Waals surface area contributed by atoms with Gasteiger partial charge in [0.1, 0.15) is 5.15 Å².